The molecule has 3 heterocycles. The zero-order chi connectivity index (χ0) is 24.5. The molecule has 1 saturated heterocycles. The molecule has 3 aromatic rings. The summed E-state index contributed by atoms with van der Waals surface area (Å²) >= 11 is 0. The number of hydrogen-bond donors (Lipinski definition) is 1. The number of rotatable bonds is 5. The van der Waals surface area contributed by atoms with E-state index in [9.17, 15) is 14.0 Å². The number of primary amides is 1. The summed E-state index contributed by atoms with van der Waals surface area (Å²) in [5, 5.41) is 15.0. The summed E-state index contributed by atoms with van der Waals surface area (Å²) in [7, 11) is 0. The van der Waals surface area contributed by atoms with Crippen LogP contribution in [-0.2, 0) is 16.2 Å². The highest BCUT2D eigenvalue weighted by molar-refractivity contribution is 5.95. The zero-order valence-corrected chi connectivity index (χ0v) is 19.1. The molecule has 2 aliphatic rings. The number of hydroxylamine groups is 2. The van der Waals surface area contributed by atoms with E-state index in [0.29, 0.717) is 55.0 Å². The number of amides is 2. The molecular weight excluding hydrogens is 451 g/mol. The highest BCUT2D eigenvalue weighted by Gasteiger charge is 2.37. The van der Waals surface area contributed by atoms with E-state index in [1.165, 1.54) is 23.4 Å². The predicted octanol–water partition coefficient (Wildman–Crippen LogP) is 3.25. The lowest BCUT2D eigenvalue weighted by molar-refractivity contribution is -0.183. The first-order chi connectivity index (χ1) is 16.9. The number of hydrogen-bond acceptors (Lipinski definition) is 6. The van der Waals surface area contributed by atoms with Gasteiger partial charge < -0.3 is 5.73 Å². The van der Waals surface area contributed by atoms with Gasteiger partial charge in [0.25, 0.3) is 0 Å². The molecule has 35 heavy (non-hydrogen) atoms. The van der Waals surface area contributed by atoms with Crippen LogP contribution in [0.1, 0.15) is 59.6 Å². The second kappa shape index (κ2) is 9.43. The number of nitrogens with two attached hydrogens (primary N) is 1. The summed E-state index contributed by atoms with van der Waals surface area (Å²) < 4.78 is 15.8. The minimum atomic E-state index is -0.532. The van der Waals surface area contributed by atoms with E-state index in [0.717, 1.165) is 18.4 Å². The van der Waals surface area contributed by atoms with Crippen molar-refractivity contribution in [3.05, 3.63) is 59.2 Å². The Morgan fingerprint density at radius 3 is 2.69 bits per heavy atom. The van der Waals surface area contributed by atoms with Crippen LogP contribution in [-0.4, -0.2) is 38.2 Å². The molecule has 1 aliphatic heterocycles. The molecule has 0 radical (unpaired) electrons. The maximum Gasteiger partial charge on any atom is 0.250 e. The number of nitriles is 1. The lowest BCUT2D eigenvalue weighted by Gasteiger charge is -2.32. The van der Waals surface area contributed by atoms with Gasteiger partial charge in [0, 0.05) is 25.1 Å². The van der Waals surface area contributed by atoms with Crippen LogP contribution in [0.25, 0.3) is 11.0 Å². The van der Waals surface area contributed by atoms with Crippen LogP contribution in [0.2, 0.25) is 0 Å². The van der Waals surface area contributed by atoms with Gasteiger partial charge in [0.1, 0.15) is 11.3 Å². The normalized spacial score (nSPS) is 22.3. The van der Waals surface area contributed by atoms with Gasteiger partial charge in [-0.15, -0.1) is 0 Å². The summed E-state index contributed by atoms with van der Waals surface area (Å²) in [6.45, 7) is 1.04. The molecule has 0 unspecified atom stereocenters. The van der Waals surface area contributed by atoms with Crippen LogP contribution < -0.4 is 5.73 Å². The van der Waals surface area contributed by atoms with Crippen molar-refractivity contribution in [2.45, 2.75) is 44.7 Å². The topological polar surface area (TPSA) is 127 Å². The smallest absolute Gasteiger partial charge is 0.250 e. The number of carbonyl (C=O) groups is 2. The monoisotopic (exact) mass is 476 g/mol. The fraction of sp³-hybridized carbons (Fsp3) is 0.400. The highest BCUT2D eigenvalue weighted by atomic mass is 19.1. The Balaban J connectivity index is 1.23. The van der Waals surface area contributed by atoms with Gasteiger partial charge in [-0.05, 0) is 61.4 Å². The van der Waals surface area contributed by atoms with Gasteiger partial charge in [-0.3, -0.25) is 24.1 Å². The number of nitrogens with zero attached hydrogens (tertiary/aromatic N) is 5. The number of aromatic nitrogens is 3. The Hall–Kier alpha value is -3.84. The van der Waals surface area contributed by atoms with Gasteiger partial charge in [0.2, 0.25) is 11.8 Å². The van der Waals surface area contributed by atoms with Crippen molar-refractivity contribution < 1.29 is 18.8 Å². The number of carbonyl (C=O) groups excluding carboxylic acids is 2. The summed E-state index contributed by atoms with van der Waals surface area (Å²) in [6.07, 6.45) is 6.80. The number of pyridine rings is 1. The van der Waals surface area contributed by atoms with E-state index < -0.39 is 17.8 Å². The maximum absolute atomic E-state index is 14.0. The standard InChI is InChI=1S/C25H25FN6O3/c26-20-8-16(11-27)7-18(9-20)22-5-6-35-32(22)25(34)17-3-1-15(2-4-17)14-31-23-10-19(24(28)33)12-29-21(23)13-30-31/h7-10,12-13,15,17,22H,1-6,14H2,(H2,28,33)/t15?,17?,22-/m0/s1. The SMILES string of the molecule is N#Cc1cc(F)cc([C@@H]2CCON2C(=O)C2CCC(Cn3ncc4ncc(C(N)=O)cc43)CC2)c1. The van der Waals surface area contributed by atoms with Crippen molar-refractivity contribution >= 4 is 22.8 Å². The molecule has 2 N–H and O–H groups in total. The number of benzene rings is 1. The summed E-state index contributed by atoms with van der Waals surface area (Å²) in [5.41, 5.74) is 8.00. The van der Waals surface area contributed by atoms with Crippen molar-refractivity contribution in [2.24, 2.45) is 17.6 Å². The Morgan fingerprint density at radius 1 is 1.14 bits per heavy atom. The van der Waals surface area contributed by atoms with Crippen LogP contribution >= 0.6 is 0 Å². The van der Waals surface area contributed by atoms with E-state index in [2.05, 4.69) is 10.1 Å². The maximum atomic E-state index is 14.0. The molecular formula is C25H25FN6O3. The van der Waals surface area contributed by atoms with E-state index in [1.807, 2.05) is 10.8 Å². The fourth-order valence-electron chi connectivity index (χ4n) is 5.11. The first-order valence-corrected chi connectivity index (χ1v) is 11.7. The van der Waals surface area contributed by atoms with Gasteiger partial charge in [-0.2, -0.15) is 10.4 Å². The first-order valence-electron chi connectivity index (χ1n) is 11.7. The van der Waals surface area contributed by atoms with Crippen molar-refractivity contribution in [2.75, 3.05) is 6.61 Å². The molecule has 2 aromatic heterocycles. The third kappa shape index (κ3) is 4.59. The highest BCUT2D eigenvalue weighted by Crippen LogP contribution is 2.37. The van der Waals surface area contributed by atoms with E-state index in [4.69, 9.17) is 15.8 Å². The molecule has 9 nitrogen and oxygen atoms in total. The van der Waals surface area contributed by atoms with Crippen LogP contribution in [0.3, 0.4) is 0 Å². The lowest BCUT2D eigenvalue weighted by atomic mass is 9.81. The Kier molecular flexibility index (Phi) is 6.17. The fourth-order valence-corrected chi connectivity index (χ4v) is 5.11. The average Bonchev–Trinajstić information content (AvgIpc) is 3.51. The molecule has 10 heteroatoms. The minimum absolute atomic E-state index is 0.0893. The third-order valence-electron chi connectivity index (χ3n) is 6.96. The molecule has 1 atom stereocenters. The van der Waals surface area contributed by atoms with Gasteiger partial charge in [0.05, 0.1) is 41.6 Å². The molecule has 1 aromatic carbocycles. The molecule has 5 rings (SSSR count). The van der Waals surface area contributed by atoms with Crippen molar-refractivity contribution in [1.29, 1.82) is 5.26 Å². The first kappa shape index (κ1) is 22.9. The summed E-state index contributed by atoms with van der Waals surface area (Å²) in [6, 6.07) is 7.44. The van der Waals surface area contributed by atoms with Crippen molar-refractivity contribution in [1.82, 2.24) is 19.8 Å². The van der Waals surface area contributed by atoms with Gasteiger partial charge >= 0.3 is 0 Å². The molecule has 0 spiro atoms. The second-order valence-corrected chi connectivity index (χ2v) is 9.22. The summed E-state index contributed by atoms with van der Waals surface area (Å²) in [5.74, 6) is -0.961. The largest absolute Gasteiger partial charge is 0.366 e. The quantitative estimate of drug-likeness (QED) is 0.602. The Morgan fingerprint density at radius 2 is 1.94 bits per heavy atom. The number of halogens is 1. The van der Waals surface area contributed by atoms with Crippen LogP contribution in [0.5, 0.6) is 0 Å². The summed E-state index contributed by atoms with van der Waals surface area (Å²) in [4.78, 5) is 34.7. The molecule has 1 saturated carbocycles. The molecule has 0 bridgehead atoms. The lowest BCUT2D eigenvalue weighted by Crippen LogP contribution is -2.37. The molecule has 2 amide bonds. The van der Waals surface area contributed by atoms with Crippen LogP contribution in [0, 0.1) is 29.0 Å². The molecule has 1 aliphatic carbocycles. The van der Waals surface area contributed by atoms with Crippen molar-refractivity contribution in [3.63, 3.8) is 0 Å². The third-order valence-corrected chi connectivity index (χ3v) is 6.96. The second-order valence-electron chi connectivity index (χ2n) is 9.22. The van der Waals surface area contributed by atoms with Crippen molar-refractivity contribution in [3.8, 4) is 6.07 Å². The zero-order valence-electron chi connectivity index (χ0n) is 19.1. The minimum Gasteiger partial charge on any atom is -0.366 e. The average molecular weight is 477 g/mol. The number of fused-ring (bicyclic) bond motifs is 1. The molecule has 180 valence electrons. The predicted molar refractivity (Wildman–Crippen MR) is 123 cm³/mol. The van der Waals surface area contributed by atoms with Gasteiger partial charge in [-0.25, -0.2) is 9.45 Å². The van der Waals surface area contributed by atoms with Crippen LogP contribution in [0.4, 0.5) is 4.39 Å². The Labute approximate surface area is 201 Å². The van der Waals surface area contributed by atoms with E-state index in [1.54, 1.807) is 18.3 Å². The van der Waals surface area contributed by atoms with Crippen LogP contribution in [0.15, 0.2) is 36.7 Å². The molecule has 2 fully saturated rings. The van der Waals surface area contributed by atoms with Gasteiger partial charge in [-0.1, -0.05) is 0 Å². The Bertz CT molecular complexity index is 1320. The van der Waals surface area contributed by atoms with Gasteiger partial charge in [0.15, 0.2) is 0 Å². The van der Waals surface area contributed by atoms with E-state index in [-0.39, 0.29) is 17.4 Å². The van der Waals surface area contributed by atoms with E-state index >= 15 is 0 Å².